The molecule has 0 aliphatic rings. The fourth-order valence-corrected chi connectivity index (χ4v) is 6.19. The van der Waals surface area contributed by atoms with E-state index in [-0.39, 0.29) is 47.5 Å². The minimum absolute atomic E-state index is 0.0409. The van der Waals surface area contributed by atoms with E-state index in [4.69, 9.17) is 18.9 Å². The maximum absolute atomic E-state index is 14.2. The number of nitrogens with one attached hydrogen (secondary N) is 2. The number of halogens is 6. The molecule has 3 aromatic carbocycles. The van der Waals surface area contributed by atoms with Gasteiger partial charge in [0.2, 0.25) is 0 Å². The summed E-state index contributed by atoms with van der Waals surface area (Å²) in [5.74, 6) is -2.29. The first kappa shape index (κ1) is 42.8. The highest BCUT2D eigenvalue weighted by Gasteiger charge is 2.36. The summed E-state index contributed by atoms with van der Waals surface area (Å²) in [6.07, 6.45) is -5.96. The van der Waals surface area contributed by atoms with Crippen LogP contribution in [-0.2, 0) is 34.7 Å². The van der Waals surface area contributed by atoms with Crippen LogP contribution in [0.2, 0.25) is 0 Å². The number of ether oxygens (including phenoxy) is 4. The molecule has 306 valence electrons. The number of carbonyl (C=O) groups is 2. The zero-order chi connectivity index (χ0) is 42.4. The van der Waals surface area contributed by atoms with E-state index in [0.717, 1.165) is 35.4 Å². The number of hydrogen-bond donors (Lipinski definition) is 2. The van der Waals surface area contributed by atoms with Crippen LogP contribution in [0.3, 0.4) is 0 Å². The van der Waals surface area contributed by atoms with Gasteiger partial charge in [0.05, 0.1) is 48.4 Å². The largest absolute Gasteiger partial charge is 0.461 e. The van der Waals surface area contributed by atoms with Gasteiger partial charge in [0.15, 0.2) is 0 Å². The third kappa shape index (κ3) is 9.79. The zero-order valence-corrected chi connectivity index (χ0v) is 32.4. The number of rotatable bonds is 14. The Bertz CT molecular complexity index is 2180. The van der Waals surface area contributed by atoms with Gasteiger partial charge in [-0.1, -0.05) is 13.8 Å². The summed E-state index contributed by atoms with van der Waals surface area (Å²) < 4.78 is 107. The SMILES string of the molecule is CCOC(=O)c1[nH]c(C=Nc2ccc(Oc3ccc(Oc4ccc(N=Cc5[nH]c(C(=O)OCC)c(C)c5CC)cc4C(F)(F)F)cc3)c(C(F)(F)F)c2)c(CC)c1C. The summed E-state index contributed by atoms with van der Waals surface area (Å²) in [6.45, 7) is 10.9. The Labute approximate surface area is 329 Å². The van der Waals surface area contributed by atoms with Gasteiger partial charge in [0, 0.05) is 0 Å². The summed E-state index contributed by atoms with van der Waals surface area (Å²) in [5, 5.41) is 0. The molecular weight excluding hydrogens is 770 g/mol. The highest BCUT2D eigenvalue weighted by molar-refractivity contribution is 5.94. The van der Waals surface area contributed by atoms with E-state index >= 15 is 0 Å². The molecule has 58 heavy (non-hydrogen) atoms. The molecular formula is C42H40F6N4O6. The number of aromatic nitrogens is 2. The second kappa shape index (κ2) is 17.9. The first-order valence-electron chi connectivity index (χ1n) is 18.2. The molecule has 0 radical (unpaired) electrons. The van der Waals surface area contributed by atoms with E-state index in [1.165, 1.54) is 48.8 Å². The summed E-state index contributed by atoms with van der Waals surface area (Å²) in [4.78, 5) is 39.0. The molecule has 0 amide bonds. The van der Waals surface area contributed by atoms with Crippen molar-refractivity contribution in [2.75, 3.05) is 13.2 Å². The van der Waals surface area contributed by atoms with E-state index < -0.39 is 46.9 Å². The minimum atomic E-state index is -4.84. The number of aliphatic imine (C=N–C) groups is 2. The van der Waals surface area contributed by atoms with Gasteiger partial charge in [0.1, 0.15) is 45.5 Å². The van der Waals surface area contributed by atoms with E-state index in [1.807, 2.05) is 13.8 Å². The van der Waals surface area contributed by atoms with Crippen LogP contribution in [0.15, 0.2) is 70.6 Å². The fourth-order valence-electron chi connectivity index (χ4n) is 6.19. The van der Waals surface area contributed by atoms with Crippen molar-refractivity contribution in [1.29, 1.82) is 0 Å². The van der Waals surface area contributed by atoms with Crippen LogP contribution in [0, 0.1) is 13.8 Å². The molecule has 2 N–H and O–H groups in total. The average molecular weight is 811 g/mol. The summed E-state index contributed by atoms with van der Waals surface area (Å²) in [5.41, 5.74) is 1.86. The predicted octanol–water partition coefficient (Wildman–Crippen LogP) is 11.6. The maximum atomic E-state index is 14.2. The van der Waals surface area contributed by atoms with Gasteiger partial charge in [0.25, 0.3) is 0 Å². The molecule has 0 aliphatic carbocycles. The van der Waals surface area contributed by atoms with Crippen LogP contribution in [-0.4, -0.2) is 47.5 Å². The first-order valence-corrected chi connectivity index (χ1v) is 18.2. The Morgan fingerprint density at radius 2 is 0.966 bits per heavy atom. The van der Waals surface area contributed by atoms with Crippen LogP contribution >= 0.6 is 0 Å². The molecule has 0 spiro atoms. The molecule has 2 heterocycles. The number of nitrogens with zero attached hydrogens (tertiary/aromatic N) is 2. The van der Waals surface area contributed by atoms with Gasteiger partial charge in [-0.05, 0) is 123 Å². The van der Waals surface area contributed by atoms with Crippen molar-refractivity contribution in [3.63, 3.8) is 0 Å². The van der Waals surface area contributed by atoms with Crippen LogP contribution in [0.5, 0.6) is 23.0 Å². The summed E-state index contributed by atoms with van der Waals surface area (Å²) in [6, 6.07) is 11.5. The van der Waals surface area contributed by atoms with Crippen molar-refractivity contribution in [2.45, 2.75) is 66.7 Å². The van der Waals surface area contributed by atoms with E-state index in [1.54, 1.807) is 27.7 Å². The van der Waals surface area contributed by atoms with E-state index in [0.29, 0.717) is 35.4 Å². The van der Waals surface area contributed by atoms with Crippen LogP contribution in [0.25, 0.3) is 0 Å². The summed E-state index contributed by atoms with van der Waals surface area (Å²) >= 11 is 0. The number of carbonyl (C=O) groups excluding carboxylic acids is 2. The molecule has 5 aromatic rings. The molecule has 0 saturated carbocycles. The normalized spacial score (nSPS) is 12.1. The molecule has 10 nitrogen and oxygen atoms in total. The number of alkyl halides is 6. The molecule has 0 saturated heterocycles. The number of hydrogen-bond acceptors (Lipinski definition) is 8. The van der Waals surface area contributed by atoms with Gasteiger partial charge in [-0.2, -0.15) is 26.3 Å². The van der Waals surface area contributed by atoms with Gasteiger partial charge in [-0.15, -0.1) is 0 Å². The maximum Gasteiger partial charge on any atom is 0.420 e. The number of aromatic amines is 2. The zero-order valence-electron chi connectivity index (χ0n) is 32.4. The monoisotopic (exact) mass is 810 g/mol. The van der Waals surface area contributed by atoms with Crippen LogP contribution in [0.1, 0.15) is 93.4 Å². The average Bonchev–Trinajstić information content (AvgIpc) is 3.68. The lowest BCUT2D eigenvalue weighted by atomic mass is 10.1. The number of benzene rings is 3. The third-order valence-electron chi connectivity index (χ3n) is 8.99. The third-order valence-corrected chi connectivity index (χ3v) is 8.99. The Morgan fingerprint density at radius 1 is 0.603 bits per heavy atom. The molecule has 5 rings (SSSR count). The predicted molar refractivity (Wildman–Crippen MR) is 206 cm³/mol. The minimum Gasteiger partial charge on any atom is -0.461 e. The van der Waals surface area contributed by atoms with E-state index in [2.05, 4.69) is 20.0 Å². The lowest BCUT2D eigenvalue weighted by Gasteiger charge is -2.16. The van der Waals surface area contributed by atoms with Crippen LogP contribution < -0.4 is 9.47 Å². The summed E-state index contributed by atoms with van der Waals surface area (Å²) in [7, 11) is 0. The highest BCUT2D eigenvalue weighted by Crippen LogP contribution is 2.42. The van der Waals surface area contributed by atoms with E-state index in [9.17, 15) is 35.9 Å². The topological polar surface area (TPSA) is 127 Å². The lowest BCUT2D eigenvalue weighted by Crippen LogP contribution is -2.07. The molecule has 16 heteroatoms. The highest BCUT2D eigenvalue weighted by atomic mass is 19.4. The smallest absolute Gasteiger partial charge is 0.420 e. The van der Waals surface area contributed by atoms with Crippen molar-refractivity contribution in [1.82, 2.24) is 9.97 Å². The molecule has 2 aromatic heterocycles. The number of H-pyrrole nitrogens is 2. The standard InChI is InChI=1S/C42H40F6N4O6/c1-7-29-23(5)37(39(53)55-9-3)51-33(29)21-49-25-11-17-35(31(19-25)41(43,44)45)57-27-13-15-28(16-14-27)58-36-18-12-26(20-32(36)42(46,47)48)50-22-34-30(8-2)24(6)38(52-34)40(54)56-10-4/h11-22,51-52H,7-10H2,1-6H3. The van der Waals surface area contributed by atoms with Crippen molar-refractivity contribution in [3.05, 3.63) is 117 Å². The quantitative estimate of drug-likeness (QED) is 0.0653. The molecule has 0 fully saturated rings. The molecule has 0 aliphatic heterocycles. The fraction of sp³-hybridized carbons (Fsp3) is 0.286. The van der Waals surface area contributed by atoms with Crippen molar-refractivity contribution < 1.29 is 54.9 Å². The Morgan fingerprint density at radius 3 is 1.28 bits per heavy atom. The first-order chi connectivity index (χ1) is 27.5. The molecule has 0 bridgehead atoms. The Kier molecular flexibility index (Phi) is 13.2. The van der Waals surface area contributed by atoms with Gasteiger partial charge in [-0.25, -0.2) is 9.59 Å². The van der Waals surface area contributed by atoms with Crippen molar-refractivity contribution in [2.24, 2.45) is 9.98 Å². The second-order valence-electron chi connectivity index (χ2n) is 12.7. The van der Waals surface area contributed by atoms with Crippen molar-refractivity contribution >= 4 is 35.7 Å². The van der Waals surface area contributed by atoms with Crippen molar-refractivity contribution in [3.8, 4) is 23.0 Å². The lowest BCUT2D eigenvalue weighted by molar-refractivity contribution is -0.139. The Balaban J connectivity index is 1.34. The second-order valence-corrected chi connectivity index (χ2v) is 12.7. The van der Waals surface area contributed by atoms with Gasteiger partial charge >= 0.3 is 24.3 Å². The van der Waals surface area contributed by atoms with Crippen LogP contribution in [0.4, 0.5) is 37.7 Å². The number of esters is 2. The van der Waals surface area contributed by atoms with Gasteiger partial charge in [-0.3, -0.25) is 9.98 Å². The molecule has 0 unspecified atom stereocenters. The van der Waals surface area contributed by atoms with Gasteiger partial charge < -0.3 is 28.9 Å². The Hall–Kier alpha value is -6.32. The molecule has 0 atom stereocenters.